The molecule has 1 saturated heterocycles. The molecule has 3 aromatic heterocycles. The summed E-state index contributed by atoms with van der Waals surface area (Å²) in [5.41, 5.74) is 3.96. The Labute approximate surface area is 195 Å². The van der Waals surface area contributed by atoms with Crippen LogP contribution in [-0.4, -0.2) is 52.7 Å². The van der Waals surface area contributed by atoms with Crippen molar-refractivity contribution in [1.82, 2.24) is 24.3 Å². The fourth-order valence-corrected chi connectivity index (χ4v) is 4.36. The molecule has 174 valence electrons. The lowest BCUT2D eigenvalue weighted by molar-refractivity contribution is 0.320. The van der Waals surface area contributed by atoms with Gasteiger partial charge in [0.1, 0.15) is 17.8 Å². The molecular formula is C23H28N6O3S. The van der Waals surface area contributed by atoms with Gasteiger partial charge in [-0.3, -0.25) is 4.18 Å². The zero-order valence-electron chi connectivity index (χ0n) is 19.5. The van der Waals surface area contributed by atoms with Crippen LogP contribution in [0.4, 0.5) is 5.82 Å². The fourth-order valence-electron chi connectivity index (χ4n) is 3.79. The molecule has 1 fully saturated rings. The lowest BCUT2D eigenvalue weighted by atomic mass is 10.2. The van der Waals surface area contributed by atoms with E-state index in [1.54, 1.807) is 10.9 Å². The van der Waals surface area contributed by atoms with Gasteiger partial charge < -0.3 is 14.2 Å². The van der Waals surface area contributed by atoms with Crippen molar-refractivity contribution < 1.29 is 13.1 Å². The lowest BCUT2D eigenvalue weighted by Gasteiger charge is -2.22. The van der Waals surface area contributed by atoms with Crippen LogP contribution >= 0.6 is 0 Å². The van der Waals surface area contributed by atoms with E-state index in [2.05, 4.69) is 32.8 Å². The van der Waals surface area contributed by atoms with E-state index in [0.29, 0.717) is 35.8 Å². The minimum Gasteiger partial charge on any atom is -0.351 e. The number of benzene rings is 1. The van der Waals surface area contributed by atoms with E-state index in [0.717, 1.165) is 16.6 Å². The number of aromatic nitrogens is 5. The molecule has 1 aliphatic heterocycles. The molecule has 5 rings (SSSR count). The Balaban J connectivity index is 1.59. The molecule has 4 heterocycles. The van der Waals surface area contributed by atoms with Crippen molar-refractivity contribution in [2.45, 2.75) is 45.3 Å². The second-order valence-electron chi connectivity index (χ2n) is 9.11. The Hall–Kier alpha value is -2.82. The summed E-state index contributed by atoms with van der Waals surface area (Å²) in [4.78, 5) is 11.8. The standard InChI is InChI=1S/C23H28N6O3S/c1-6-28(20-14-31-20)21-18(13-32-33(30)23(2,3)4)26-22-17(25-21)12-24-29(22)16-7-8-19-15(11-16)9-10-27(19)5/h7-12,20H,6,13-14H2,1-5H3. The summed E-state index contributed by atoms with van der Waals surface area (Å²) in [6.45, 7) is 9.12. The van der Waals surface area contributed by atoms with E-state index in [1.807, 2.05) is 47.0 Å². The van der Waals surface area contributed by atoms with E-state index in [1.165, 1.54) is 0 Å². The van der Waals surface area contributed by atoms with Crippen molar-refractivity contribution in [3.63, 3.8) is 0 Å². The van der Waals surface area contributed by atoms with Crippen LogP contribution in [0.25, 0.3) is 27.8 Å². The highest BCUT2D eigenvalue weighted by atomic mass is 32.2. The van der Waals surface area contributed by atoms with Gasteiger partial charge in [-0.25, -0.2) is 18.9 Å². The summed E-state index contributed by atoms with van der Waals surface area (Å²) in [7, 11) is 2.02. The first kappa shape index (κ1) is 22.0. The van der Waals surface area contributed by atoms with E-state index in [4.69, 9.17) is 18.9 Å². The molecule has 33 heavy (non-hydrogen) atoms. The number of ether oxygens (including phenoxy) is 1. The molecular weight excluding hydrogens is 440 g/mol. The molecule has 1 aromatic carbocycles. The second-order valence-corrected chi connectivity index (χ2v) is 11.0. The second kappa shape index (κ2) is 8.19. The van der Waals surface area contributed by atoms with Gasteiger partial charge >= 0.3 is 0 Å². The largest absolute Gasteiger partial charge is 0.351 e. The first-order chi connectivity index (χ1) is 15.8. The minimum atomic E-state index is -1.48. The van der Waals surface area contributed by atoms with Crippen LogP contribution < -0.4 is 4.90 Å². The predicted molar refractivity (Wildman–Crippen MR) is 129 cm³/mol. The molecule has 9 nitrogen and oxygen atoms in total. The third-order valence-electron chi connectivity index (χ3n) is 5.64. The Morgan fingerprint density at radius 1 is 1.27 bits per heavy atom. The van der Waals surface area contributed by atoms with Crippen LogP contribution in [0.3, 0.4) is 0 Å². The summed E-state index contributed by atoms with van der Waals surface area (Å²) < 4.78 is 27.2. The van der Waals surface area contributed by atoms with Crippen molar-refractivity contribution in [2.75, 3.05) is 18.1 Å². The van der Waals surface area contributed by atoms with Gasteiger partial charge in [-0.2, -0.15) is 5.10 Å². The Morgan fingerprint density at radius 2 is 2.06 bits per heavy atom. The zero-order chi connectivity index (χ0) is 23.3. The minimum absolute atomic E-state index is 0.0239. The summed E-state index contributed by atoms with van der Waals surface area (Å²) in [5, 5.41) is 5.70. The summed E-state index contributed by atoms with van der Waals surface area (Å²) in [6.07, 6.45) is 3.73. The predicted octanol–water partition coefficient (Wildman–Crippen LogP) is 3.47. The van der Waals surface area contributed by atoms with Crippen LogP contribution in [0.15, 0.2) is 36.7 Å². The van der Waals surface area contributed by atoms with Crippen molar-refractivity contribution in [3.8, 4) is 5.69 Å². The molecule has 0 N–H and O–H groups in total. The van der Waals surface area contributed by atoms with Gasteiger partial charge in [-0.15, -0.1) is 0 Å². The van der Waals surface area contributed by atoms with Gasteiger partial charge in [0.2, 0.25) is 0 Å². The Morgan fingerprint density at radius 3 is 2.76 bits per heavy atom. The first-order valence-electron chi connectivity index (χ1n) is 11.0. The van der Waals surface area contributed by atoms with Gasteiger partial charge in [-0.05, 0) is 52.0 Å². The van der Waals surface area contributed by atoms with Gasteiger partial charge in [-0.1, -0.05) is 0 Å². The Kier molecular flexibility index (Phi) is 5.46. The smallest absolute Gasteiger partial charge is 0.182 e. The number of epoxide rings is 1. The maximum atomic E-state index is 12.5. The highest BCUT2D eigenvalue weighted by Crippen LogP contribution is 2.29. The molecule has 2 unspecified atom stereocenters. The van der Waals surface area contributed by atoms with Gasteiger partial charge in [0.15, 0.2) is 28.8 Å². The average Bonchev–Trinajstić information content (AvgIpc) is 3.43. The number of aryl methyl sites for hydroxylation is 1. The molecule has 2 atom stereocenters. The first-order valence-corrected chi connectivity index (χ1v) is 12.1. The lowest BCUT2D eigenvalue weighted by Crippen LogP contribution is -2.29. The highest BCUT2D eigenvalue weighted by Gasteiger charge is 2.33. The fraction of sp³-hybridized carbons (Fsp3) is 0.435. The van der Waals surface area contributed by atoms with E-state index >= 15 is 0 Å². The van der Waals surface area contributed by atoms with Crippen molar-refractivity contribution >= 4 is 39.0 Å². The molecule has 4 aromatic rings. The van der Waals surface area contributed by atoms with Crippen LogP contribution in [-0.2, 0) is 33.7 Å². The van der Waals surface area contributed by atoms with Crippen LogP contribution in [0.1, 0.15) is 33.4 Å². The SMILES string of the molecule is CCN(c1nc2cnn(-c3ccc4c(ccn4C)c3)c2nc1COS(=O)C(C)(C)C)C1CO1. The topological polar surface area (TPSA) is 90.6 Å². The number of hydrogen-bond donors (Lipinski definition) is 0. The van der Waals surface area contributed by atoms with Crippen LogP contribution in [0, 0.1) is 0 Å². The molecule has 0 aliphatic carbocycles. The van der Waals surface area contributed by atoms with E-state index in [9.17, 15) is 4.21 Å². The van der Waals surface area contributed by atoms with Crippen LogP contribution in [0.5, 0.6) is 0 Å². The van der Waals surface area contributed by atoms with E-state index < -0.39 is 15.8 Å². The molecule has 0 saturated carbocycles. The number of anilines is 1. The number of fused-ring (bicyclic) bond motifs is 2. The summed E-state index contributed by atoms with van der Waals surface area (Å²) in [6, 6.07) is 8.24. The summed E-state index contributed by atoms with van der Waals surface area (Å²) >= 11 is -1.48. The number of hydrogen-bond acceptors (Lipinski definition) is 7. The monoisotopic (exact) mass is 468 g/mol. The molecule has 0 spiro atoms. The quantitative estimate of drug-likeness (QED) is 0.384. The third-order valence-corrected chi connectivity index (χ3v) is 6.97. The van der Waals surface area contributed by atoms with E-state index in [-0.39, 0.29) is 12.8 Å². The van der Waals surface area contributed by atoms with Crippen molar-refractivity contribution in [1.29, 1.82) is 0 Å². The van der Waals surface area contributed by atoms with Gasteiger partial charge in [0.25, 0.3) is 0 Å². The maximum absolute atomic E-state index is 12.5. The molecule has 10 heteroatoms. The van der Waals surface area contributed by atoms with Crippen LogP contribution in [0.2, 0.25) is 0 Å². The number of nitrogens with zero attached hydrogens (tertiary/aromatic N) is 6. The maximum Gasteiger partial charge on any atom is 0.182 e. The molecule has 0 radical (unpaired) electrons. The van der Waals surface area contributed by atoms with Gasteiger partial charge in [0, 0.05) is 30.7 Å². The highest BCUT2D eigenvalue weighted by molar-refractivity contribution is 7.81. The number of likely N-dealkylation sites (N-methyl/N-ethyl adjacent to an activating group) is 1. The molecule has 0 amide bonds. The third kappa shape index (κ3) is 4.14. The van der Waals surface area contributed by atoms with Gasteiger partial charge in [0.05, 0.1) is 23.2 Å². The van der Waals surface area contributed by atoms with Crippen molar-refractivity contribution in [3.05, 3.63) is 42.4 Å². The normalized spacial score (nSPS) is 17.1. The van der Waals surface area contributed by atoms with Crippen molar-refractivity contribution in [2.24, 2.45) is 7.05 Å². The average molecular weight is 469 g/mol. The zero-order valence-corrected chi connectivity index (χ0v) is 20.3. The number of rotatable bonds is 7. The molecule has 0 bridgehead atoms. The Bertz CT molecular complexity index is 1350. The molecule has 1 aliphatic rings. The summed E-state index contributed by atoms with van der Waals surface area (Å²) in [5.74, 6) is 0.677.